The molecule has 2 rings (SSSR count). The molecule has 0 saturated carbocycles. The number of nitrogens with one attached hydrogen (secondary N) is 1. The molecule has 1 unspecified atom stereocenters. The number of fused-ring (bicyclic) bond motifs is 1. The molecule has 2 aromatic heterocycles. The fraction of sp³-hybridized carbons (Fsp3) is 0.545. The zero-order valence-electron chi connectivity index (χ0n) is 11.0. The molecule has 0 aliphatic heterocycles. The smallest absolute Gasteiger partial charge is 0.181 e. The molecule has 0 amide bonds. The molecule has 0 aliphatic carbocycles. The molecule has 1 atom stereocenters. The van der Waals surface area contributed by atoms with Gasteiger partial charge in [-0.15, -0.1) is 0 Å². The first-order valence-corrected chi connectivity index (χ1v) is 6.08. The third-order valence-electron chi connectivity index (χ3n) is 2.98. The summed E-state index contributed by atoms with van der Waals surface area (Å²) in [5, 5.41) is 18.9. The third-order valence-corrected chi connectivity index (χ3v) is 2.98. The highest BCUT2D eigenvalue weighted by Gasteiger charge is 2.13. The monoisotopic (exact) mass is 266 g/mol. The fourth-order valence-corrected chi connectivity index (χ4v) is 1.87. The van der Waals surface area contributed by atoms with Gasteiger partial charge in [-0.3, -0.25) is 10.7 Å². The molecular weight excluding hydrogens is 248 g/mol. The molecule has 3 N–H and O–H groups in total. The number of anilines is 1. The zero-order valence-corrected chi connectivity index (χ0v) is 11.0. The average Bonchev–Trinajstić information content (AvgIpc) is 2.81. The van der Waals surface area contributed by atoms with Gasteiger partial charge in [0.05, 0.1) is 19.0 Å². The van der Waals surface area contributed by atoms with Gasteiger partial charge in [0.2, 0.25) is 0 Å². The van der Waals surface area contributed by atoms with E-state index in [0.29, 0.717) is 24.3 Å². The second-order valence-electron chi connectivity index (χ2n) is 4.41. The third kappa shape index (κ3) is 2.98. The highest BCUT2D eigenvalue weighted by Crippen LogP contribution is 2.16. The van der Waals surface area contributed by atoms with E-state index in [1.165, 1.54) is 6.33 Å². The topological polar surface area (TPSA) is 99.3 Å². The summed E-state index contributed by atoms with van der Waals surface area (Å²) >= 11 is 0. The SMILES string of the molecule is CCN(C)CC(O)Cn1cnc2c(NO)ncnc21. The Balaban J connectivity index is 2.17. The molecule has 2 aromatic rings. The lowest BCUT2D eigenvalue weighted by Crippen LogP contribution is -2.31. The van der Waals surface area contributed by atoms with E-state index in [9.17, 15) is 5.11 Å². The Morgan fingerprint density at radius 2 is 2.21 bits per heavy atom. The van der Waals surface area contributed by atoms with Crippen molar-refractivity contribution in [1.82, 2.24) is 24.4 Å². The Labute approximate surface area is 110 Å². The van der Waals surface area contributed by atoms with E-state index in [1.807, 2.05) is 24.4 Å². The number of hydrogen-bond donors (Lipinski definition) is 3. The number of imidazole rings is 1. The van der Waals surface area contributed by atoms with Crippen molar-refractivity contribution in [3.63, 3.8) is 0 Å². The fourth-order valence-electron chi connectivity index (χ4n) is 1.87. The Morgan fingerprint density at radius 3 is 2.89 bits per heavy atom. The lowest BCUT2D eigenvalue weighted by molar-refractivity contribution is 0.113. The minimum Gasteiger partial charge on any atom is -0.390 e. The molecule has 0 fully saturated rings. The molecule has 0 bridgehead atoms. The maximum absolute atomic E-state index is 10.0. The molecule has 2 heterocycles. The van der Waals surface area contributed by atoms with Gasteiger partial charge >= 0.3 is 0 Å². The Kier molecular flexibility index (Phi) is 4.25. The van der Waals surface area contributed by atoms with Gasteiger partial charge in [-0.25, -0.2) is 15.0 Å². The Morgan fingerprint density at radius 1 is 1.42 bits per heavy atom. The van der Waals surface area contributed by atoms with Gasteiger partial charge in [0.25, 0.3) is 0 Å². The number of aliphatic hydroxyl groups excluding tert-OH is 1. The van der Waals surface area contributed by atoms with Gasteiger partial charge in [-0.1, -0.05) is 6.92 Å². The molecule has 8 heteroatoms. The molecule has 0 aliphatic rings. The molecule has 0 aromatic carbocycles. The normalized spacial score (nSPS) is 13.1. The van der Waals surface area contributed by atoms with Gasteiger partial charge < -0.3 is 14.6 Å². The van der Waals surface area contributed by atoms with Gasteiger partial charge in [-0.05, 0) is 13.6 Å². The first-order chi connectivity index (χ1) is 9.15. The van der Waals surface area contributed by atoms with Gasteiger partial charge in [0, 0.05) is 6.54 Å². The summed E-state index contributed by atoms with van der Waals surface area (Å²) in [7, 11) is 1.95. The largest absolute Gasteiger partial charge is 0.390 e. The standard InChI is InChI=1S/C11H18N6O2/c1-3-16(2)4-8(18)5-17-7-14-9-10(15-19)12-6-13-11(9)17/h6-8,18-19H,3-5H2,1-2H3,(H,12,13,15). The zero-order chi connectivity index (χ0) is 13.8. The highest BCUT2D eigenvalue weighted by molar-refractivity contribution is 5.81. The summed E-state index contributed by atoms with van der Waals surface area (Å²) in [6.07, 6.45) is 2.40. The molecule has 8 nitrogen and oxygen atoms in total. The van der Waals surface area contributed by atoms with E-state index in [-0.39, 0.29) is 5.82 Å². The van der Waals surface area contributed by atoms with E-state index >= 15 is 0 Å². The van der Waals surface area contributed by atoms with E-state index in [0.717, 1.165) is 6.54 Å². The number of likely N-dealkylation sites (N-methyl/N-ethyl adjacent to an activating group) is 1. The van der Waals surface area contributed by atoms with Crippen LogP contribution >= 0.6 is 0 Å². The summed E-state index contributed by atoms with van der Waals surface area (Å²) < 4.78 is 1.74. The van der Waals surface area contributed by atoms with E-state index in [4.69, 9.17) is 5.21 Å². The van der Waals surface area contributed by atoms with Crippen LogP contribution in [0, 0.1) is 0 Å². The second kappa shape index (κ2) is 5.91. The van der Waals surface area contributed by atoms with Crippen molar-refractivity contribution >= 4 is 17.0 Å². The Bertz CT molecular complexity index is 543. The van der Waals surface area contributed by atoms with Crippen molar-refractivity contribution in [3.05, 3.63) is 12.7 Å². The van der Waals surface area contributed by atoms with Crippen molar-refractivity contribution in [2.75, 3.05) is 25.6 Å². The van der Waals surface area contributed by atoms with Gasteiger partial charge in [0.1, 0.15) is 6.33 Å². The molecule has 0 spiro atoms. The van der Waals surface area contributed by atoms with Crippen LogP contribution in [-0.4, -0.2) is 61.0 Å². The van der Waals surface area contributed by atoms with Crippen molar-refractivity contribution in [1.29, 1.82) is 0 Å². The minimum absolute atomic E-state index is 0.254. The lowest BCUT2D eigenvalue weighted by atomic mass is 10.3. The number of aromatic nitrogens is 4. The summed E-state index contributed by atoms with van der Waals surface area (Å²) in [5.74, 6) is 0.254. The van der Waals surface area contributed by atoms with Gasteiger partial charge in [-0.2, -0.15) is 0 Å². The van der Waals surface area contributed by atoms with E-state index in [2.05, 4.69) is 15.0 Å². The summed E-state index contributed by atoms with van der Waals surface area (Å²) in [6, 6.07) is 0. The molecule has 104 valence electrons. The summed E-state index contributed by atoms with van der Waals surface area (Å²) in [4.78, 5) is 14.1. The van der Waals surface area contributed by atoms with Crippen molar-refractivity contribution in [2.45, 2.75) is 19.6 Å². The van der Waals surface area contributed by atoms with Crippen molar-refractivity contribution in [3.8, 4) is 0 Å². The Hall–Kier alpha value is -1.77. The van der Waals surface area contributed by atoms with Crippen LogP contribution in [0.15, 0.2) is 12.7 Å². The van der Waals surface area contributed by atoms with Crippen LogP contribution in [0.5, 0.6) is 0 Å². The van der Waals surface area contributed by atoms with Crippen LogP contribution in [0.4, 0.5) is 5.82 Å². The van der Waals surface area contributed by atoms with E-state index < -0.39 is 6.10 Å². The average molecular weight is 266 g/mol. The predicted octanol–water partition coefficient (Wildman–Crippen LogP) is -0.0600. The molecule has 0 saturated heterocycles. The van der Waals surface area contributed by atoms with Crippen LogP contribution in [0.1, 0.15) is 6.92 Å². The number of rotatable bonds is 6. The van der Waals surface area contributed by atoms with Crippen LogP contribution in [0.25, 0.3) is 11.2 Å². The van der Waals surface area contributed by atoms with Crippen LogP contribution in [0.2, 0.25) is 0 Å². The van der Waals surface area contributed by atoms with E-state index in [1.54, 1.807) is 10.9 Å². The number of hydrogen-bond acceptors (Lipinski definition) is 7. The van der Waals surface area contributed by atoms with Gasteiger partial charge in [0.15, 0.2) is 17.0 Å². The first kappa shape index (κ1) is 13.7. The summed E-state index contributed by atoms with van der Waals surface area (Å²) in [6.45, 7) is 3.88. The molecule has 19 heavy (non-hydrogen) atoms. The van der Waals surface area contributed by atoms with Crippen LogP contribution in [0.3, 0.4) is 0 Å². The molecule has 0 radical (unpaired) electrons. The maximum Gasteiger partial charge on any atom is 0.181 e. The summed E-state index contributed by atoms with van der Waals surface area (Å²) in [5.41, 5.74) is 3.03. The lowest BCUT2D eigenvalue weighted by Gasteiger charge is -2.19. The van der Waals surface area contributed by atoms with Crippen LogP contribution in [-0.2, 0) is 6.54 Å². The molecular formula is C11H18N6O2. The predicted molar refractivity (Wildman–Crippen MR) is 69.9 cm³/mol. The number of nitrogens with zero attached hydrogens (tertiary/aromatic N) is 5. The quantitative estimate of drug-likeness (QED) is 0.630. The second-order valence-corrected chi connectivity index (χ2v) is 4.41. The van der Waals surface area contributed by atoms with Crippen LogP contribution < -0.4 is 5.48 Å². The number of aliphatic hydroxyl groups is 1. The van der Waals surface area contributed by atoms with Crippen molar-refractivity contribution in [2.24, 2.45) is 0 Å². The first-order valence-electron chi connectivity index (χ1n) is 6.08. The minimum atomic E-state index is -0.511. The highest BCUT2D eigenvalue weighted by atomic mass is 16.5. The maximum atomic E-state index is 10.0. The van der Waals surface area contributed by atoms with Crippen molar-refractivity contribution < 1.29 is 10.3 Å².